The lowest BCUT2D eigenvalue weighted by molar-refractivity contribution is -0.119. The molecular weight excluding hydrogens is 434 g/mol. The predicted octanol–water partition coefficient (Wildman–Crippen LogP) is 3.74. The van der Waals surface area contributed by atoms with Gasteiger partial charge in [0, 0.05) is 22.3 Å². The average Bonchev–Trinajstić information content (AvgIpc) is 3.49. The summed E-state index contributed by atoms with van der Waals surface area (Å²) in [5, 5.41) is 5.26. The molecule has 2 aromatic carbocycles. The topological polar surface area (TPSA) is 80.8 Å². The lowest BCUT2D eigenvalue weighted by Crippen LogP contribution is -2.44. The molecule has 9 heteroatoms. The van der Waals surface area contributed by atoms with Gasteiger partial charge in [-0.3, -0.25) is 9.59 Å². The van der Waals surface area contributed by atoms with Crippen molar-refractivity contribution in [2.75, 3.05) is 30.2 Å². The summed E-state index contributed by atoms with van der Waals surface area (Å²) in [6.07, 6.45) is 0. The maximum absolute atomic E-state index is 12.9. The number of hydrogen-bond donors (Lipinski definition) is 1. The zero-order valence-electron chi connectivity index (χ0n) is 16.4. The van der Waals surface area contributed by atoms with Crippen LogP contribution >= 0.6 is 23.1 Å². The van der Waals surface area contributed by atoms with E-state index < -0.39 is 6.04 Å². The Kier molecular flexibility index (Phi) is 5.52. The van der Waals surface area contributed by atoms with Gasteiger partial charge in [0.1, 0.15) is 19.3 Å². The summed E-state index contributed by atoms with van der Waals surface area (Å²) in [5.74, 6) is 2.11. The number of nitrogens with one attached hydrogen (secondary N) is 1. The zero-order valence-corrected chi connectivity index (χ0v) is 18.1. The Labute approximate surface area is 187 Å². The van der Waals surface area contributed by atoms with Crippen LogP contribution < -0.4 is 14.8 Å². The van der Waals surface area contributed by atoms with Gasteiger partial charge in [0.05, 0.1) is 11.6 Å². The number of thiazole rings is 1. The first kappa shape index (κ1) is 19.9. The number of amides is 2. The summed E-state index contributed by atoms with van der Waals surface area (Å²) in [6, 6.07) is 14.2. The first-order chi connectivity index (χ1) is 15.2. The third-order valence-corrected chi connectivity index (χ3v) is 6.81. The fourth-order valence-corrected chi connectivity index (χ4v) is 5.34. The quantitative estimate of drug-likeness (QED) is 0.648. The van der Waals surface area contributed by atoms with Crippen LogP contribution in [0.1, 0.15) is 10.4 Å². The number of hydrogen-bond acceptors (Lipinski definition) is 7. The van der Waals surface area contributed by atoms with Crippen LogP contribution in [-0.4, -0.2) is 52.6 Å². The van der Waals surface area contributed by atoms with Crippen molar-refractivity contribution in [3.8, 4) is 22.8 Å². The number of nitrogens with zero attached hydrogens (tertiary/aromatic N) is 2. The molecule has 0 radical (unpaired) electrons. The Morgan fingerprint density at radius 3 is 2.71 bits per heavy atom. The van der Waals surface area contributed by atoms with E-state index in [1.54, 1.807) is 28.8 Å². The average molecular weight is 454 g/mol. The van der Waals surface area contributed by atoms with E-state index in [1.165, 1.54) is 11.3 Å². The van der Waals surface area contributed by atoms with Gasteiger partial charge in [-0.15, -0.1) is 23.1 Å². The number of aromatic nitrogens is 1. The summed E-state index contributed by atoms with van der Waals surface area (Å²) in [7, 11) is 0. The highest BCUT2D eigenvalue weighted by Gasteiger charge is 2.35. The minimum atomic E-state index is -0.528. The normalized spacial score (nSPS) is 17.4. The molecule has 0 bridgehead atoms. The standard InChI is InChI=1S/C22H19N3O4S2/c26-20(17-12-30-13-25(17)21(27)14-4-2-1-3-5-14)24-22-23-16(11-31-22)15-6-7-18-19(10-15)29-9-8-28-18/h1-7,10-11,17H,8-9,12-13H2,(H,23,24,26)/t17-/m0/s1. The smallest absolute Gasteiger partial charge is 0.255 e. The number of fused-ring (bicyclic) bond motifs is 1. The van der Waals surface area contributed by atoms with Gasteiger partial charge in [-0.25, -0.2) is 4.98 Å². The molecule has 3 heterocycles. The molecule has 2 aliphatic heterocycles. The Morgan fingerprint density at radius 1 is 1.06 bits per heavy atom. The Morgan fingerprint density at radius 2 is 1.87 bits per heavy atom. The second-order valence-electron chi connectivity index (χ2n) is 7.04. The largest absolute Gasteiger partial charge is 0.486 e. The van der Waals surface area contributed by atoms with E-state index in [9.17, 15) is 9.59 Å². The third-order valence-electron chi connectivity index (χ3n) is 5.04. The van der Waals surface area contributed by atoms with Crippen LogP contribution in [-0.2, 0) is 4.79 Å². The van der Waals surface area contributed by atoms with E-state index in [4.69, 9.17) is 9.47 Å². The Balaban J connectivity index is 1.29. The maximum Gasteiger partial charge on any atom is 0.255 e. The molecule has 1 aromatic heterocycles. The van der Waals surface area contributed by atoms with Crippen LogP contribution in [0.2, 0.25) is 0 Å². The molecule has 0 spiro atoms. The summed E-state index contributed by atoms with van der Waals surface area (Å²) < 4.78 is 11.2. The zero-order chi connectivity index (χ0) is 21.2. The van der Waals surface area contributed by atoms with Gasteiger partial charge in [-0.2, -0.15) is 0 Å². The van der Waals surface area contributed by atoms with Crippen molar-refractivity contribution >= 4 is 40.0 Å². The minimum absolute atomic E-state index is 0.137. The Bertz CT molecular complexity index is 1120. The summed E-state index contributed by atoms with van der Waals surface area (Å²) in [4.78, 5) is 31.9. The van der Waals surface area contributed by atoms with E-state index in [-0.39, 0.29) is 11.8 Å². The van der Waals surface area contributed by atoms with Crippen molar-refractivity contribution in [2.24, 2.45) is 0 Å². The van der Waals surface area contributed by atoms with E-state index in [0.29, 0.717) is 41.3 Å². The highest BCUT2D eigenvalue weighted by atomic mass is 32.2. The van der Waals surface area contributed by atoms with Crippen molar-refractivity contribution in [2.45, 2.75) is 6.04 Å². The van der Waals surface area contributed by atoms with Gasteiger partial charge < -0.3 is 19.7 Å². The molecule has 31 heavy (non-hydrogen) atoms. The van der Waals surface area contributed by atoms with Crippen LogP contribution in [0.25, 0.3) is 11.3 Å². The number of carbonyl (C=O) groups is 2. The van der Waals surface area contributed by atoms with Crippen molar-refractivity contribution < 1.29 is 19.1 Å². The van der Waals surface area contributed by atoms with Crippen molar-refractivity contribution in [3.05, 3.63) is 59.5 Å². The number of anilines is 1. The molecule has 0 unspecified atom stereocenters. The van der Waals surface area contributed by atoms with Crippen LogP contribution in [0.15, 0.2) is 53.9 Å². The molecule has 3 aromatic rings. The van der Waals surface area contributed by atoms with Crippen LogP contribution in [0.5, 0.6) is 11.5 Å². The molecule has 1 N–H and O–H groups in total. The lowest BCUT2D eigenvalue weighted by atomic mass is 10.1. The maximum atomic E-state index is 12.9. The van der Waals surface area contributed by atoms with Crippen LogP contribution in [0, 0.1) is 0 Å². The number of benzene rings is 2. The molecule has 5 rings (SSSR count). The molecule has 0 saturated carbocycles. The molecule has 2 aliphatic rings. The van der Waals surface area contributed by atoms with E-state index in [0.717, 1.165) is 17.0 Å². The third kappa shape index (κ3) is 4.11. The lowest BCUT2D eigenvalue weighted by Gasteiger charge is -2.22. The second-order valence-corrected chi connectivity index (χ2v) is 8.90. The highest BCUT2D eigenvalue weighted by molar-refractivity contribution is 7.99. The summed E-state index contributed by atoms with van der Waals surface area (Å²) in [6.45, 7) is 1.06. The summed E-state index contributed by atoms with van der Waals surface area (Å²) >= 11 is 2.92. The van der Waals surface area contributed by atoms with Gasteiger partial charge in [0.2, 0.25) is 5.91 Å². The molecular formula is C22H19N3O4S2. The van der Waals surface area contributed by atoms with Gasteiger partial charge >= 0.3 is 0 Å². The minimum Gasteiger partial charge on any atom is -0.486 e. The molecule has 1 saturated heterocycles. The van der Waals surface area contributed by atoms with E-state index >= 15 is 0 Å². The second kappa shape index (κ2) is 8.60. The number of thioether (sulfide) groups is 1. The van der Waals surface area contributed by atoms with Crippen molar-refractivity contribution in [3.63, 3.8) is 0 Å². The van der Waals surface area contributed by atoms with Crippen LogP contribution in [0.3, 0.4) is 0 Å². The Hall–Kier alpha value is -3.04. The van der Waals surface area contributed by atoms with Gasteiger partial charge in [0.15, 0.2) is 16.6 Å². The number of carbonyl (C=O) groups excluding carboxylic acids is 2. The predicted molar refractivity (Wildman–Crippen MR) is 121 cm³/mol. The first-order valence-corrected chi connectivity index (χ1v) is 11.8. The number of ether oxygens (including phenoxy) is 2. The van der Waals surface area contributed by atoms with Crippen molar-refractivity contribution in [1.82, 2.24) is 9.88 Å². The monoisotopic (exact) mass is 453 g/mol. The fraction of sp³-hybridized carbons (Fsp3) is 0.227. The van der Waals surface area contributed by atoms with Crippen LogP contribution in [0.4, 0.5) is 5.13 Å². The van der Waals surface area contributed by atoms with Gasteiger partial charge in [-0.1, -0.05) is 18.2 Å². The fourth-order valence-electron chi connectivity index (χ4n) is 3.46. The SMILES string of the molecule is O=C(Nc1nc(-c2ccc3c(c2)OCCO3)cs1)[C@@H]1CSCN1C(=O)c1ccccc1. The van der Waals surface area contributed by atoms with Crippen molar-refractivity contribution in [1.29, 1.82) is 0 Å². The van der Waals surface area contributed by atoms with Gasteiger partial charge in [0.25, 0.3) is 5.91 Å². The molecule has 2 amide bonds. The van der Waals surface area contributed by atoms with E-state index in [1.807, 2.05) is 41.8 Å². The number of rotatable bonds is 4. The van der Waals surface area contributed by atoms with E-state index in [2.05, 4.69) is 10.3 Å². The molecule has 1 atom stereocenters. The molecule has 0 aliphatic carbocycles. The van der Waals surface area contributed by atoms with Gasteiger partial charge in [-0.05, 0) is 30.3 Å². The summed E-state index contributed by atoms with van der Waals surface area (Å²) in [5.41, 5.74) is 2.21. The molecule has 7 nitrogen and oxygen atoms in total. The molecule has 158 valence electrons. The highest BCUT2D eigenvalue weighted by Crippen LogP contribution is 2.35. The first-order valence-electron chi connectivity index (χ1n) is 9.79. The molecule has 1 fully saturated rings.